The quantitative estimate of drug-likeness (QED) is 0.408. The molecule has 4 aromatic carbocycles. The molecule has 0 saturated carbocycles. The van der Waals surface area contributed by atoms with Crippen molar-refractivity contribution in [1.82, 2.24) is 0 Å². The van der Waals surface area contributed by atoms with E-state index < -0.39 is 0 Å². The molecule has 1 aliphatic rings. The van der Waals surface area contributed by atoms with Crippen LogP contribution in [0.25, 0.3) is 11.1 Å². The standard InChI is InChI=1S/C29H24N2O2/c1-19-17-26(20(2)16-25(19)28(32)30-22-11-4-3-5-12-22)29(33)31-18-21-10-6-7-13-23(21)24-14-8-9-15-27(24)31/h3-17H,18H2,1-2H3,(H,30,32). The molecule has 1 heterocycles. The highest BCUT2D eigenvalue weighted by Gasteiger charge is 2.28. The molecule has 0 atom stereocenters. The fourth-order valence-corrected chi connectivity index (χ4v) is 4.45. The van der Waals surface area contributed by atoms with Crippen molar-refractivity contribution in [2.45, 2.75) is 20.4 Å². The zero-order valence-corrected chi connectivity index (χ0v) is 18.6. The average Bonchev–Trinajstić information content (AvgIpc) is 2.85. The smallest absolute Gasteiger partial charge is 0.258 e. The van der Waals surface area contributed by atoms with E-state index >= 15 is 0 Å². The Balaban J connectivity index is 1.48. The molecule has 2 amide bonds. The van der Waals surface area contributed by atoms with Gasteiger partial charge in [0.05, 0.1) is 12.2 Å². The maximum atomic E-state index is 13.7. The van der Waals surface area contributed by atoms with Gasteiger partial charge in [-0.1, -0.05) is 60.7 Å². The van der Waals surface area contributed by atoms with Crippen molar-refractivity contribution in [3.8, 4) is 11.1 Å². The van der Waals surface area contributed by atoms with E-state index in [9.17, 15) is 9.59 Å². The first kappa shape index (κ1) is 20.7. The molecule has 4 nitrogen and oxygen atoms in total. The minimum absolute atomic E-state index is 0.0624. The highest BCUT2D eigenvalue weighted by Crippen LogP contribution is 2.39. The summed E-state index contributed by atoms with van der Waals surface area (Å²) in [5.74, 6) is -0.245. The monoisotopic (exact) mass is 432 g/mol. The van der Waals surface area contributed by atoms with Crippen LogP contribution in [-0.4, -0.2) is 11.8 Å². The molecule has 0 unspecified atom stereocenters. The van der Waals surface area contributed by atoms with Gasteiger partial charge in [0.25, 0.3) is 11.8 Å². The highest BCUT2D eigenvalue weighted by molar-refractivity contribution is 6.11. The molecule has 0 saturated heterocycles. The minimum Gasteiger partial charge on any atom is -0.322 e. The zero-order valence-electron chi connectivity index (χ0n) is 18.6. The summed E-state index contributed by atoms with van der Waals surface area (Å²) < 4.78 is 0. The summed E-state index contributed by atoms with van der Waals surface area (Å²) in [4.78, 5) is 28.4. The summed E-state index contributed by atoms with van der Waals surface area (Å²) in [6.45, 7) is 4.27. The lowest BCUT2D eigenvalue weighted by atomic mass is 9.92. The van der Waals surface area contributed by atoms with Gasteiger partial charge in [-0.3, -0.25) is 9.59 Å². The number of nitrogens with zero attached hydrogens (tertiary/aromatic N) is 1. The second kappa shape index (κ2) is 8.40. The molecular weight excluding hydrogens is 408 g/mol. The molecule has 33 heavy (non-hydrogen) atoms. The van der Waals surface area contributed by atoms with Crippen molar-refractivity contribution >= 4 is 23.2 Å². The van der Waals surface area contributed by atoms with E-state index in [-0.39, 0.29) is 11.8 Å². The van der Waals surface area contributed by atoms with Crippen molar-refractivity contribution in [1.29, 1.82) is 0 Å². The van der Waals surface area contributed by atoms with E-state index in [1.165, 1.54) is 0 Å². The lowest BCUT2D eigenvalue weighted by Crippen LogP contribution is -2.33. The summed E-state index contributed by atoms with van der Waals surface area (Å²) in [5.41, 5.74) is 7.71. The number of carbonyl (C=O) groups excluding carboxylic acids is 2. The van der Waals surface area contributed by atoms with Gasteiger partial charge in [-0.15, -0.1) is 0 Å². The van der Waals surface area contributed by atoms with Crippen LogP contribution in [0.3, 0.4) is 0 Å². The lowest BCUT2D eigenvalue weighted by Gasteiger charge is -2.31. The molecule has 4 heteroatoms. The van der Waals surface area contributed by atoms with Crippen molar-refractivity contribution in [3.05, 3.63) is 119 Å². The number of para-hydroxylation sites is 2. The Morgan fingerprint density at radius 2 is 1.33 bits per heavy atom. The molecule has 0 bridgehead atoms. The third-order valence-electron chi connectivity index (χ3n) is 6.15. The van der Waals surface area contributed by atoms with Crippen LogP contribution in [0.4, 0.5) is 11.4 Å². The van der Waals surface area contributed by atoms with E-state index in [1.807, 2.05) is 91.5 Å². The number of hydrogen-bond acceptors (Lipinski definition) is 2. The molecule has 0 fully saturated rings. The topological polar surface area (TPSA) is 49.4 Å². The number of aryl methyl sites for hydroxylation is 2. The van der Waals surface area contributed by atoms with Gasteiger partial charge < -0.3 is 10.2 Å². The van der Waals surface area contributed by atoms with Gasteiger partial charge >= 0.3 is 0 Å². The number of amides is 2. The Bertz CT molecular complexity index is 1380. The van der Waals surface area contributed by atoms with E-state index in [0.717, 1.165) is 39.2 Å². The number of hydrogen-bond donors (Lipinski definition) is 1. The summed E-state index contributed by atoms with van der Waals surface area (Å²) >= 11 is 0. The normalized spacial score (nSPS) is 12.0. The second-order valence-corrected chi connectivity index (χ2v) is 8.37. The predicted octanol–water partition coefficient (Wildman–Crippen LogP) is 6.38. The van der Waals surface area contributed by atoms with Gasteiger partial charge in [-0.25, -0.2) is 0 Å². The Kier molecular flexibility index (Phi) is 5.27. The lowest BCUT2D eigenvalue weighted by molar-refractivity contribution is 0.0981. The molecule has 0 aliphatic carbocycles. The van der Waals surface area contributed by atoms with E-state index in [2.05, 4.69) is 23.5 Å². The first-order chi connectivity index (χ1) is 16.0. The maximum Gasteiger partial charge on any atom is 0.258 e. The van der Waals surface area contributed by atoms with Crippen molar-refractivity contribution in [2.75, 3.05) is 10.2 Å². The number of anilines is 2. The largest absolute Gasteiger partial charge is 0.322 e. The summed E-state index contributed by atoms with van der Waals surface area (Å²) in [6.07, 6.45) is 0. The first-order valence-electron chi connectivity index (χ1n) is 11.0. The van der Waals surface area contributed by atoms with Crippen LogP contribution in [0.5, 0.6) is 0 Å². The van der Waals surface area contributed by atoms with E-state index in [0.29, 0.717) is 17.7 Å². The Labute approximate surface area is 193 Å². The number of fused-ring (bicyclic) bond motifs is 3. The van der Waals surface area contributed by atoms with Crippen molar-refractivity contribution in [2.24, 2.45) is 0 Å². The minimum atomic E-state index is -0.182. The zero-order chi connectivity index (χ0) is 22.9. The number of rotatable bonds is 3. The maximum absolute atomic E-state index is 13.7. The molecule has 5 rings (SSSR count). The second-order valence-electron chi connectivity index (χ2n) is 8.37. The summed E-state index contributed by atoms with van der Waals surface area (Å²) in [5, 5.41) is 2.93. The van der Waals surface area contributed by atoms with Gasteiger partial charge in [-0.2, -0.15) is 0 Å². The van der Waals surface area contributed by atoms with Gasteiger partial charge in [0.15, 0.2) is 0 Å². The van der Waals surface area contributed by atoms with E-state index in [4.69, 9.17) is 0 Å². The van der Waals surface area contributed by atoms with E-state index in [1.54, 1.807) is 0 Å². The number of carbonyl (C=O) groups is 2. The van der Waals surface area contributed by atoms with Gasteiger partial charge in [0.2, 0.25) is 0 Å². The van der Waals surface area contributed by atoms with Crippen LogP contribution in [0.1, 0.15) is 37.4 Å². The molecule has 0 aromatic heterocycles. The SMILES string of the molecule is Cc1cc(C(=O)N2Cc3ccccc3-c3ccccc32)c(C)cc1C(=O)Nc1ccccc1. The molecule has 1 N–H and O–H groups in total. The number of benzene rings is 4. The molecule has 0 spiro atoms. The third kappa shape index (κ3) is 3.80. The van der Waals surface area contributed by atoms with Gasteiger partial charge in [0, 0.05) is 22.4 Å². The fourth-order valence-electron chi connectivity index (χ4n) is 4.45. The third-order valence-corrected chi connectivity index (χ3v) is 6.15. The Morgan fingerprint density at radius 3 is 2.12 bits per heavy atom. The van der Waals surface area contributed by atoms with Gasteiger partial charge in [-0.05, 0) is 66.4 Å². The predicted molar refractivity (Wildman–Crippen MR) is 133 cm³/mol. The van der Waals surface area contributed by atoms with Crippen molar-refractivity contribution < 1.29 is 9.59 Å². The van der Waals surface area contributed by atoms with Crippen LogP contribution < -0.4 is 10.2 Å². The fraction of sp³-hybridized carbons (Fsp3) is 0.103. The highest BCUT2D eigenvalue weighted by atomic mass is 16.2. The Morgan fingerprint density at radius 1 is 0.727 bits per heavy atom. The molecule has 162 valence electrons. The Hall–Kier alpha value is -4.18. The van der Waals surface area contributed by atoms with Crippen LogP contribution >= 0.6 is 0 Å². The van der Waals surface area contributed by atoms with Crippen LogP contribution in [0.2, 0.25) is 0 Å². The summed E-state index contributed by atoms with van der Waals surface area (Å²) in [7, 11) is 0. The average molecular weight is 433 g/mol. The van der Waals surface area contributed by atoms with Crippen LogP contribution in [0, 0.1) is 13.8 Å². The summed E-state index contributed by atoms with van der Waals surface area (Å²) in [6, 6.07) is 29.2. The molecule has 4 aromatic rings. The molecule has 0 radical (unpaired) electrons. The number of nitrogens with one attached hydrogen (secondary N) is 1. The van der Waals surface area contributed by atoms with Crippen molar-refractivity contribution in [3.63, 3.8) is 0 Å². The molecule has 1 aliphatic heterocycles. The molecular formula is C29H24N2O2. The first-order valence-corrected chi connectivity index (χ1v) is 11.0. The van der Waals surface area contributed by atoms with Crippen LogP contribution in [0.15, 0.2) is 91.0 Å². The van der Waals surface area contributed by atoms with Gasteiger partial charge in [0.1, 0.15) is 0 Å². The van der Waals surface area contributed by atoms with Crippen LogP contribution in [-0.2, 0) is 6.54 Å².